The van der Waals surface area contributed by atoms with E-state index in [-0.39, 0.29) is 11.3 Å². The zero-order valence-electron chi connectivity index (χ0n) is 12.9. The predicted octanol–water partition coefficient (Wildman–Crippen LogP) is 2.59. The molecule has 0 saturated heterocycles. The number of H-pyrrole nitrogens is 1. The van der Waals surface area contributed by atoms with Gasteiger partial charge in [0.1, 0.15) is 5.54 Å². The number of nitrogens with one attached hydrogen (secondary N) is 2. The highest BCUT2D eigenvalue weighted by atomic mass is 16.6. The summed E-state index contributed by atoms with van der Waals surface area (Å²) in [5.74, 6) is -1.58. The number of hydrogen-bond donors (Lipinski definition) is 3. The van der Waals surface area contributed by atoms with E-state index in [9.17, 15) is 24.8 Å². The summed E-state index contributed by atoms with van der Waals surface area (Å²) in [6.07, 6.45) is 4.65. The van der Waals surface area contributed by atoms with E-state index in [0.717, 1.165) is 19.3 Å². The summed E-state index contributed by atoms with van der Waals surface area (Å²) in [4.78, 5) is 37.6. The van der Waals surface area contributed by atoms with Gasteiger partial charge in [0.2, 0.25) is 0 Å². The van der Waals surface area contributed by atoms with Crippen molar-refractivity contribution in [2.75, 3.05) is 0 Å². The van der Waals surface area contributed by atoms with Crippen molar-refractivity contribution >= 4 is 28.5 Å². The lowest BCUT2D eigenvalue weighted by atomic mass is 9.81. The Balaban J connectivity index is 1.94. The zero-order valence-corrected chi connectivity index (χ0v) is 12.9. The molecule has 8 nitrogen and oxygen atoms in total. The maximum absolute atomic E-state index is 12.6. The van der Waals surface area contributed by atoms with Crippen molar-refractivity contribution in [3.63, 3.8) is 0 Å². The fourth-order valence-corrected chi connectivity index (χ4v) is 3.24. The topological polar surface area (TPSA) is 125 Å². The van der Waals surface area contributed by atoms with E-state index in [1.807, 2.05) is 0 Å². The van der Waals surface area contributed by atoms with Crippen LogP contribution < -0.4 is 5.32 Å². The number of aromatic nitrogens is 1. The van der Waals surface area contributed by atoms with Gasteiger partial charge in [0, 0.05) is 29.2 Å². The van der Waals surface area contributed by atoms with Crippen LogP contribution >= 0.6 is 0 Å². The minimum absolute atomic E-state index is 0.123. The molecule has 1 fully saturated rings. The van der Waals surface area contributed by atoms with Gasteiger partial charge in [0.05, 0.1) is 10.5 Å². The largest absolute Gasteiger partial charge is 0.480 e. The van der Waals surface area contributed by atoms with Gasteiger partial charge in [-0.2, -0.15) is 0 Å². The van der Waals surface area contributed by atoms with Crippen LogP contribution in [0.3, 0.4) is 0 Å². The van der Waals surface area contributed by atoms with E-state index in [4.69, 9.17) is 0 Å². The molecule has 1 heterocycles. The van der Waals surface area contributed by atoms with E-state index in [0.29, 0.717) is 23.7 Å². The Morgan fingerprint density at radius 3 is 2.58 bits per heavy atom. The Bertz CT molecular complexity index is 820. The first-order valence-electron chi connectivity index (χ1n) is 7.74. The summed E-state index contributed by atoms with van der Waals surface area (Å²) < 4.78 is 0. The van der Waals surface area contributed by atoms with Crippen LogP contribution in [0.15, 0.2) is 24.4 Å². The minimum Gasteiger partial charge on any atom is -0.480 e. The molecule has 3 N–H and O–H groups in total. The van der Waals surface area contributed by atoms with E-state index in [1.54, 1.807) is 0 Å². The summed E-state index contributed by atoms with van der Waals surface area (Å²) in [6, 6.07) is 4.19. The Labute approximate surface area is 137 Å². The van der Waals surface area contributed by atoms with Crippen molar-refractivity contribution in [2.45, 2.75) is 37.6 Å². The molecule has 3 rings (SSSR count). The molecule has 0 aliphatic heterocycles. The molecule has 1 aromatic carbocycles. The van der Waals surface area contributed by atoms with Crippen molar-refractivity contribution in [3.05, 3.63) is 40.1 Å². The first-order chi connectivity index (χ1) is 11.4. The number of carbonyl (C=O) groups is 2. The van der Waals surface area contributed by atoms with E-state index >= 15 is 0 Å². The number of fused-ring (bicyclic) bond motifs is 1. The quantitative estimate of drug-likeness (QED) is 0.586. The number of amides is 1. The Hall–Kier alpha value is -2.90. The lowest BCUT2D eigenvalue weighted by molar-refractivity contribution is -0.384. The normalized spacial score (nSPS) is 16.7. The molecule has 0 atom stereocenters. The third kappa shape index (κ3) is 2.70. The first kappa shape index (κ1) is 16.0. The minimum atomic E-state index is -1.26. The molecule has 0 bridgehead atoms. The highest BCUT2D eigenvalue weighted by Gasteiger charge is 2.41. The second-order valence-corrected chi connectivity index (χ2v) is 6.09. The number of nitro groups is 1. The van der Waals surface area contributed by atoms with Gasteiger partial charge in [-0.25, -0.2) is 4.79 Å². The molecule has 8 heteroatoms. The van der Waals surface area contributed by atoms with Crippen molar-refractivity contribution < 1.29 is 19.6 Å². The number of carboxylic acid groups (broad SMARTS) is 1. The molecule has 24 heavy (non-hydrogen) atoms. The summed E-state index contributed by atoms with van der Waals surface area (Å²) in [5, 5.41) is 23.5. The number of aliphatic carboxylic acids is 1. The molecule has 2 aromatic rings. The van der Waals surface area contributed by atoms with Gasteiger partial charge in [-0.3, -0.25) is 14.9 Å². The molecule has 0 spiro atoms. The molecule has 126 valence electrons. The number of nitro benzene ring substituents is 1. The second-order valence-electron chi connectivity index (χ2n) is 6.09. The van der Waals surface area contributed by atoms with Gasteiger partial charge < -0.3 is 15.4 Å². The summed E-state index contributed by atoms with van der Waals surface area (Å²) in [5.41, 5.74) is -0.597. The molecule has 1 saturated carbocycles. The van der Waals surface area contributed by atoms with Crippen LogP contribution in [0, 0.1) is 10.1 Å². The Morgan fingerprint density at radius 1 is 1.25 bits per heavy atom. The molecule has 0 radical (unpaired) electrons. The average Bonchev–Trinajstić information content (AvgIpc) is 2.98. The van der Waals surface area contributed by atoms with Gasteiger partial charge >= 0.3 is 5.97 Å². The molecule has 1 aliphatic rings. The molecular formula is C16H17N3O5. The van der Waals surface area contributed by atoms with E-state index in [2.05, 4.69) is 10.3 Å². The Morgan fingerprint density at radius 2 is 1.96 bits per heavy atom. The lowest BCUT2D eigenvalue weighted by Crippen LogP contribution is -2.55. The average molecular weight is 331 g/mol. The third-order valence-corrected chi connectivity index (χ3v) is 4.59. The molecule has 1 amide bonds. The summed E-state index contributed by atoms with van der Waals surface area (Å²) in [6.45, 7) is 0. The zero-order chi connectivity index (χ0) is 17.3. The number of non-ortho nitro benzene ring substituents is 1. The van der Waals surface area contributed by atoms with E-state index in [1.165, 1.54) is 24.4 Å². The van der Waals surface area contributed by atoms with Crippen LogP contribution in [-0.2, 0) is 4.79 Å². The molecule has 0 unspecified atom stereocenters. The van der Waals surface area contributed by atoms with Gasteiger partial charge in [-0.15, -0.1) is 0 Å². The highest BCUT2D eigenvalue weighted by Crippen LogP contribution is 2.30. The van der Waals surface area contributed by atoms with Crippen molar-refractivity contribution in [1.82, 2.24) is 10.3 Å². The van der Waals surface area contributed by atoms with E-state index < -0.39 is 22.3 Å². The van der Waals surface area contributed by atoms with Crippen molar-refractivity contribution in [1.29, 1.82) is 0 Å². The number of nitrogens with zero attached hydrogens (tertiary/aromatic N) is 1. The monoisotopic (exact) mass is 331 g/mol. The smallest absolute Gasteiger partial charge is 0.329 e. The molecule has 1 aliphatic carbocycles. The number of hydrogen-bond acceptors (Lipinski definition) is 4. The summed E-state index contributed by atoms with van der Waals surface area (Å²) in [7, 11) is 0. The SMILES string of the molecule is O=C(NC1(C(=O)O)CCCCC1)c1c[nH]c2ccc([N+](=O)[O-])cc12. The molecule has 1 aromatic heterocycles. The van der Waals surface area contributed by atoms with Gasteiger partial charge in [0.25, 0.3) is 11.6 Å². The van der Waals surface area contributed by atoms with Crippen LogP contribution in [0.5, 0.6) is 0 Å². The fraction of sp³-hybridized carbons (Fsp3) is 0.375. The highest BCUT2D eigenvalue weighted by molar-refractivity contribution is 6.08. The first-order valence-corrected chi connectivity index (χ1v) is 7.74. The maximum Gasteiger partial charge on any atom is 0.329 e. The third-order valence-electron chi connectivity index (χ3n) is 4.59. The van der Waals surface area contributed by atoms with Gasteiger partial charge in [-0.1, -0.05) is 19.3 Å². The van der Waals surface area contributed by atoms with Crippen molar-refractivity contribution in [2.24, 2.45) is 0 Å². The number of carboxylic acids is 1. The summed E-state index contributed by atoms with van der Waals surface area (Å²) >= 11 is 0. The van der Waals surface area contributed by atoms with Crippen LogP contribution in [0.4, 0.5) is 5.69 Å². The Kier molecular flexibility index (Phi) is 3.96. The van der Waals surface area contributed by atoms with Crippen LogP contribution in [0.1, 0.15) is 42.5 Å². The standard InChI is InChI=1S/C16H17N3O5/c20-14(18-16(15(21)22)6-2-1-3-7-16)12-9-17-13-5-4-10(19(23)24)8-11(12)13/h4-5,8-9,17H,1-3,6-7H2,(H,18,20)(H,21,22). The van der Waals surface area contributed by atoms with Gasteiger partial charge in [0.15, 0.2) is 0 Å². The maximum atomic E-state index is 12.6. The van der Waals surface area contributed by atoms with Crippen LogP contribution in [0.25, 0.3) is 10.9 Å². The predicted molar refractivity (Wildman–Crippen MR) is 85.9 cm³/mol. The van der Waals surface area contributed by atoms with Gasteiger partial charge in [-0.05, 0) is 18.9 Å². The fourth-order valence-electron chi connectivity index (χ4n) is 3.24. The van der Waals surface area contributed by atoms with Crippen molar-refractivity contribution in [3.8, 4) is 0 Å². The second kappa shape index (κ2) is 5.95. The number of carbonyl (C=O) groups excluding carboxylic acids is 1. The lowest BCUT2D eigenvalue weighted by Gasteiger charge is -2.33. The molecular weight excluding hydrogens is 314 g/mol. The van der Waals surface area contributed by atoms with Crippen LogP contribution in [-0.4, -0.2) is 32.4 Å². The van der Waals surface area contributed by atoms with Crippen LogP contribution in [0.2, 0.25) is 0 Å². The number of rotatable bonds is 4. The number of benzene rings is 1. The number of aromatic amines is 1.